The Balaban J connectivity index is 3.34. The molecule has 0 aliphatic heterocycles. The van der Waals surface area contributed by atoms with Gasteiger partial charge < -0.3 is 4.42 Å². The largest absolute Gasteiger partial charge is 0.457 e. The molecule has 0 aromatic carbocycles. The van der Waals surface area contributed by atoms with E-state index in [2.05, 4.69) is 27.7 Å². The normalized spacial score (nSPS) is 11.4. The first-order valence-electron chi connectivity index (χ1n) is 5.07. The highest BCUT2D eigenvalue weighted by Crippen LogP contribution is 2.32. The van der Waals surface area contributed by atoms with Crippen molar-refractivity contribution in [2.24, 2.45) is 0 Å². The van der Waals surface area contributed by atoms with Crippen LogP contribution in [0.5, 0.6) is 0 Å². The molecule has 0 saturated carbocycles. The molecule has 0 aliphatic carbocycles. The zero-order valence-corrected chi connectivity index (χ0v) is 9.55. The molecule has 0 aliphatic rings. The fraction of sp³-hybridized carbons (Fsp3) is 0.583. The summed E-state index contributed by atoms with van der Waals surface area (Å²) >= 11 is 0. The number of hydrogen-bond donors (Lipinski definition) is 0. The molecule has 0 unspecified atom stereocenters. The van der Waals surface area contributed by atoms with Crippen molar-refractivity contribution in [1.29, 1.82) is 0 Å². The minimum atomic E-state index is 0.333. The van der Waals surface area contributed by atoms with E-state index in [1.807, 2.05) is 6.92 Å². The lowest BCUT2D eigenvalue weighted by molar-refractivity contribution is 0.109. The Labute approximate surface area is 85.3 Å². The van der Waals surface area contributed by atoms with Gasteiger partial charge in [0.15, 0.2) is 12.0 Å². The highest BCUT2D eigenvalue weighted by atomic mass is 16.3. The van der Waals surface area contributed by atoms with Crippen molar-refractivity contribution >= 4 is 6.29 Å². The summed E-state index contributed by atoms with van der Waals surface area (Å²) in [5.74, 6) is 2.18. The molecule has 14 heavy (non-hydrogen) atoms. The molecule has 0 fully saturated rings. The van der Waals surface area contributed by atoms with E-state index in [4.69, 9.17) is 4.42 Å². The van der Waals surface area contributed by atoms with Crippen LogP contribution in [0.2, 0.25) is 0 Å². The molecule has 0 bridgehead atoms. The molecule has 1 rings (SSSR count). The van der Waals surface area contributed by atoms with Crippen molar-refractivity contribution in [2.45, 2.75) is 46.5 Å². The van der Waals surface area contributed by atoms with Crippen LogP contribution in [0.15, 0.2) is 4.42 Å². The molecule has 78 valence electrons. The zero-order valence-electron chi connectivity index (χ0n) is 9.55. The second-order valence-electron chi connectivity index (χ2n) is 4.30. The molecule has 0 radical (unpaired) electrons. The lowest BCUT2D eigenvalue weighted by Gasteiger charge is -2.09. The number of rotatable bonds is 3. The predicted molar refractivity (Wildman–Crippen MR) is 57.0 cm³/mol. The van der Waals surface area contributed by atoms with E-state index in [1.54, 1.807) is 0 Å². The highest BCUT2D eigenvalue weighted by Gasteiger charge is 2.20. The number of carbonyl (C=O) groups is 1. The van der Waals surface area contributed by atoms with Crippen molar-refractivity contribution in [2.75, 3.05) is 0 Å². The highest BCUT2D eigenvalue weighted by molar-refractivity contribution is 5.74. The van der Waals surface area contributed by atoms with Crippen LogP contribution >= 0.6 is 0 Å². The van der Waals surface area contributed by atoms with Crippen molar-refractivity contribution in [3.63, 3.8) is 0 Å². The van der Waals surface area contributed by atoms with Gasteiger partial charge in [0.05, 0.1) is 0 Å². The fourth-order valence-corrected chi connectivity index (χ4v) is 1.83. The molecule has 0 N–H and O–H groups in total. The average molecular weight is 194 g/mol. The van der Waals surface area contributed by atoms with Crippen LogP contribution in [0.25, 0.3) is 0 Å². The van der Waals surface area contributed by atoms with Gasteiger partial charge in [-0.25, -0.2) is 0 Å². The zero-order chi connectivity index (χ0) is 10.9. The monoisotopic (exact) mass is 194 g/mol. The van der Waals surface area contributed by atoms with Crippen molar-refractivity contribution in [1.82, 2.24) is 0 Å². The van der Waals surface area contributed by atoms with Crippen LogP contribution in [-0.4, -0.2) is 6.29 Å². The van der Waals surface area contributed by atoms with Gasteiger partial charge in [-0.15, -0.1) is 0 Å². The molecular formula is C12H18O2. The summed E-state index contributed by atoms with van der Waals surface area (Å²) < 4.78 is 5.55. The van der Waals surface area contributed by atoms with Gasteiger partial charge in [0.1, 0.15) is 5.76 Å². The summed E-state index contributed by atoms with van der Waals surface area (Å²) in [7, 11) is 0. The van der Waals surface area contributed by atoms with E-state index in [0.717, 1.165) is 17.6 Å². The molecule has 2 heteroatoms. The molecule has 1 heterocycles. The van der Waals surface area contributed by atoms with Gasteiger partial charge >= 0.3 is 0 Å². The number of carbonyl (C=O) groups excluding carboxylic acids is 1. The number of aldehydes is 1. The Bertz CT molecular complexity index is 332. The summed E-state index contributed by atoms with van der Waals surface area (Å²) in [5.41, 5.74) is 2.20. The summed E-state index contributed by atoms with van der Waals surface area (Å²) in [6, 6.07) is 0. The van der Waals surface area contributed by atoms with Gasteiger partial charge in [-0.05, 0) is 12.8 Å². The minimum absolute atomic E-state index is 0.333. The Morgan fingerprint density at radius 1 is 1.14 bits per heavy atom. The van der Waals surface area contributed by atoms with E-state index in [1.165, 1.54) is 5.56 Å². The average Bonchev–Trinajstić information content (AvgIpc) is 2.42. The van der Waals surface area contributed by atoms with E-state index in [-0.39, 0.29) is 0 Å². The first kappa shape index (κ1) is 11.0. The lowest BCUT2D eigenvalue weighted by atomic mass is 9.94. The van der Waals surface area contributed by atoms with Gasteiger partial charge in [0, 0.05) is 17.0 Å². The van der Waals surface area contributed by atoms with E-state index < -0.39 is 0 Å². The minimum Gasteiger partial charge on any atom is -0.457 e. The van der Waals surface area contributed by atoms with Crippen molar-refractivity contribution in [3.05, 3.63) is 22.6 Å². The quantitative estimate of drug-likeness (QED) is 0.687. The Hall–Kier alpha value is -1.05. The van der Waals surface area contributed by atoms with Gasteiger partial charge in [-0.2, -0.15) is 0 Å². The van der Waals surface area contributed by atoms with E-state index in [9.17, 15) is 4.79 Å². The Morgan fingerprint density at radius 3 is 2.00 bits per heavy atom. The maximum atomic E-state index is 10.7. The van der Waals surface area contributed by atoms with Gasteiger partial charge in [0.2, 0.25) is 0 Å². The number of furan rings is 1. The molecule has 0 spiro atoms. The third-order valence-electron chi connectivity index (χ3n) is 2.47. The molecular weight excluding hydrogens is 176 g/mol. The lowest BCUT2D eigenvalue weighted by Crippen LogP contribution is -1.95. The summed E-state index contributed by atoms with van der Waals surface area (Å²) in [4.78, 5) is 10.7. The topological polar surface area (TPSA) is 30.2 Å². The molecule has 1 aromatic heterocycles. The van der Waals surface area contributed by atoms with Crippen molar-refractivity contribution < 1.29 is 9.21 Å². The SMILES string of the molecule is Cc1c(C=O)oc(C(C)C)c1C(C)C. The van der Waals surface area contributed by atoms with E-state index in [0.29, 0.717) is 17.6 Å². The van der Waals surface area contributed by atoms with E-state index >= 15 is 0 Å². The first-order valence-corrected chi connectivity index (χ1v) is 5.07. The van der Waals surface area contributed by atoms with Crippen LogP contribution in [0.4, 0.5) is 0 Å². The summed E-state index contributed by atoms with van der Waals surface area (Å²) in [6.45, 7) is 10.4. The second-order valence-corrected chi connectivity index (χ2v) is 4.30. The maximum absolute atomic E-state index is 10.7. The second kappa shape index (κ2) is 3.99. The van der Waals surface area contributed by atoms with Gasteiger partial charge in [-0.3, -0.25) is 4.79 Å². The van der Waals surface area contributed by atoms with Crippen LogP contribution in [-0.2, 0) is 0 Å². The maximum Gasteiger partial charge on any atom is 0.185 e. The molecule has 1 aromatic rings. The third kappa shape index (κ3) is 1.74. The number of hydrogen-bond acceptors (Lipinski definition) is 2. The van der Waals surface area contributed by atoms with Gasteiger partial charge in [-0.1, -0.05) is 27.7 Å². The van der Waals surface area contributed by atoms with Crippen LogP contribution in [0.1, 0.15) is 67.0 Å². The molecule has 0 atom stereocenters. The predicted octanol–water partition coefficient (Wildman–Crippen LogP) is 3.65. The molecule has 2 nitrogen and oxygen atoms in total. The molecule has 0 saturated heterocycles. The third-order valence-corrected chi connectivity index (χ3v) is 2.47. The van der Waals surface area contributed by atoms with Crippen LogP contribution < -0.4 is 0 Å². The summed E-state index contributed by atoms with van der Waals surface area (Å²) in [6.07, 6.45) is 0.799. The first-order chi connectivity index (χ1) is 6.49. The van der Waals surface area contributed by atoms with Crippen LogP contribution in [0.3, 0.4) is 0 Å². The van der Waals surface area contributed by atoms with Gasteiger partial charge in [0.25, 0.3) is 0 Å². The Morgan fingerprint density at radius 2 is 1.71 bits per heavy atom. The fourth-order valence-electron chi connectivity index (χ4n) is 1.83. The Kier molecular flexibility index (Phi) is 3.14. The molecule has 0 amide bonds. The van der Waals surface area contributed by atoms with Crippen LogP contribution in [0, 0.1) is 6.92 Å². The summed E-state index contributed by atoms with van der Waals surface area (Å²) in [5, 5.41) is 0. The van der Waals surface area contributed by atoms with Crippen molar-refractivity contribution in [3.8, 4) is 0 Å². The smallest absolute Gasteiger partial charge is 0.185 e. The standard InChI is InChI=1S/C12H18O2/c1-7(2)11-9(5)10(6-13)14-12(11)8(3)4/h6-8H,1-5H3.